The van der Waals surface area contributed by atoms with Gasteiger partial charge in [0.25, 0.3) is 15.6 Å². The second-order valence-electron chi connectivity index (χ2n) is 1.58. The molecule has 0 saturated carbocycles. The molecule has 12 heavy (non-hydrogen) atoms. The molecule has 0 spiro atoms. The number of rotatable bonds is 5. The van der Waals surface area contributed by atoms with Crippen LogP contribution in [0.5, 0.6) is 0 Å². The van der Waals surface area contributed by atoms with E-state index in [-0.39, 0.29) is 6.61 Å². The molecule has 0 radical (unpaired) electrons. The fourth-order valence-electron chi connectivity index (χ4n) is 0.337. The van der Waals surface area contributed by atoms with E-state index < -0.39 is 15.6 Å². The Hall–Kier alpha value is 0.260. The van der Waals surface area contributed by atoms with Gasteiger partial charge < -0.3 is 18.8 Å². The minimum atomic E-state index is -4.78. The van der Waals surface area contributed by atoms with Crippen LogP contribution in [0.1, 0.15) is 6.92 Å². The molecular weight excluding hydrogens is 210 g/mol. The van der Waals surface area contributed by atoms with Crippen molar-refractivity contribution in [1.82, 2.24) is 0 Å². The van der Waals surface area contributed by atoms with Crippen molar-refractivity contribution in [2.45, 2.75) is 6.92 Å². The van der Waals surface area contributed by atoms with E-state index in [0.29, 0.717) is 0 Å². The molecule has 2 unspecified atom stereocenters. The molecule has 0 N–H and O–H groups in total. The lowest BCUT2D eigenvalue weighted by molar-refractivity contribution is -0.242. The third kappa shape index (κ3) is 5.00. The molecule has 0 heterocycles. The van der Waals surface area contributed by atoms with E-state index in [2.05, 4.69) is 13.4 Å². The van der Waals surface area contributed by atoms with Gasteiger partial charge in [-0.15, -0.1) is 0 Å². The van der Waals surface area contributed by atoms with Gasteiger partial charge in [0.2, 0.25) is 0 Å². The summed E-state index contributed by atoms with van der Waals surface area (Å²) in [7, 11) is -8.78. The van der Waals surface area contributed by atoms with Gasteiger partial charge in [-0.2, -0.15) is 0 Å². The van der Waals surface area contributed by atoms with Crippen LogP contribution < -0.4 is 9.79 Å². The second kappa shape index (κ2) is 4.48. The minimum Gasteiger partial charge on any atom is -0.756 e. The molecule has 0 aliphatic heterocycles. The summed E-state index contributed by atoms with van der Waals surface area (Å²) < 4.78 is 32.3. The van der Waals surface area contributed by atoms with Crippen molar-refractivity contribution in [3.8, 4) is 0 Å². The molecule has 0 aliphatic rings. The van der Waals surface area contributed by atoms with Crippen LogP contribution in [0.25, 0.3) is 0 Å². The highest BCUT2D eigenvalue weighted by Crippen LogP contribution is 2.54. The maximum atomic E-state index is 10.5. The summed E-state index contributed by atoms with van der Waals surface area (Å²) in [5, 5.41) is 0. The summed E-state index contributed by atoms with van der Waals surface area (Å²) in [6.45, 7) is 1.17. The zero-order valence-corrected chi connectivity index (χ0v) is 8.25. The van der Waals surface area contributed by atoms with Crippen LogP contribution in [0.15, 0.2) is 0 Å². The van der Waals surface area contributed by atoms with Gasteiger partial charge in [-0.1, -0.05) is 0 Å². The highest BCUT2D eigenvalue weighted by atomic mass is 31.3. The van der Waals surface area contributed by atoms with Crippen molar-refractivity contribution in [3.05, 3.63) is 0 Å². The summed E-state index contributed by atoms with van der Waals surface area (Å²) in [5.41, 5.74) is 0. The van der Waals surface area contributed by atoms with Crippen molar-refractivity contribution >= 4 is 15.6 Å². The molecule has 7 nitrogen and oxygen atoms in total. The van der Waals surface area contributed by atoms with Gasteiger partial charge in [-0.05, 0) is 6.92 Å². The topological polar surface area (TPSA) is 108 Å². The first kappa shape index (κ1) is 12.3. The van der Waals surface area contributed by atoms with Crippen LogP contribution in [0.2, 0.25) is 0 Å². The monoisotopic (exact) mass is 218 g/mol. The summed E-state index contributed by atoms with van der Waals surface area (Å²) in [4.78, 5) is 21.0. The molecule has 0 aliphatic carbocycles. The molecule has 74 valence electrons. The maximum Gasteiger partial charge on any atom is 0.274 e. The van der Waals surface area contributed by atoms with E-state index in [4.69, 9.17) is 0 Å². The number of phosphoric ester groups is 2. The second-order valence-corrected chi connectivity index (χ2v) is 4.64. The average Bonchev–Trinajstić information content (AvgIpc) is 1.85. The fraction of sp³-hybridized carbons (Fsp3) is 1.00. The van der Waals surface area contributed by atoms with Crippen LogP contribution in [-0.4, -0.2) is 13.7 Å². The number of hydrogen-bond acceptors (Lipinski definition) is 7. The maximum absolute atomic E-state index is 10.5. The third-order valence-corrected chi connectivity index (χ3v) is 3.33. The van der Waals surface area contributed by atoms with Crippen LogP contribution in [0, 0.1) is 0 Å². The predicted octanol–water partition coefficient (Wildman–Crippen LogP) is -0.377. The quantitative estimate of drug-likeness (QED) is 0.578. The molecule has 0 fully saturated rings. The SMILES string of the molecule is CCOP(=O)([O-])OP(=O)([O-])OC. The van der Waals surface area contributed by atoms with Crippen molar-refractivity contribution < 1.29 is 32.3 Å². The van der Waals surface area contributed by atoms with Gasteiger partial charge in [-0.3, -0.25) is 9.13 Å². The zero-order chi connectivity index (χ0) is 9.83. The van der Waals surface area contributed by atoms with E-state index in [1.54, 1.807) is 0 Å². The van der Waals surface area contributed by atoms with Gasteiger partial charge in [-0.25, -0.2) is 4.31 Å². The lowest BCUT2D eigenvalue weighted by Crippen LogP contribution is -2.12. The molecule has 2 atom stereocenters. The molecule has 0 aromatic rings. The normalized spacial score (nSPS) is 21.3. The molecule has 0 aromatic heterocycles. The van der Waals surface area contributed by atoms with E-state index >= 15 is 0 Å². The zero-order valence-electron chi connectivity index (χ0n) is 6.46. The van der Waals surface area contributed by atoms with Gasteiger partial charge >= 0.3 is 0 Å². The molecule has 0 aromatic carbocycles. The van der Waals surface area contributed by atoms with E-state index in [1.807, 2.05) is 0 Å². The highest BCUT2D eigenvalue weighted by Gasteiger charge is 2.17. The molecular formula is C3H8O7P2-2. The Kier molecular flexibility index (Phi) is 4.58. The van der Waals surface area contributed by atoms with Crippen LogP contribution in [0.3, 0.4) is 0 Å². The first-order valence-electron chi connectivity index (χ1n) is 2.86. The molecule has 9 heteroatoms. The lowest BCUT2D eigenvalue weighted by atomic mass is 10.9. The summed E-state index contributed by atoms with van der Waals surface area (Å²) in [6, 6.07) is 0. The smallest absolute Gasteiger partial charge is 0.274 e. The standard InChI is InChI=1S/C3H10O7P2/c1-3-9-12(6,7)10-11(4,5)8-2/h3H2,1-2H3,(H,4,5)(H,6,7)/p-2. The van der Waals surface area contributed by atoms with E-state index in [1.165, 1.54) is 6.92 Å². The molecule has 0 rings (SSSR count). The summed E-state index contributed by atoms with van der Waals surface area (Å²) in [5.74, 6) is 0. The Balaban J connectivity index is 4.24. The average molecular weight is 218 g/mol. The van der Waals surface area contributed by atoms with Gasteiger partial charge in [0.05, 0.1) is 6.61 Å². The first-order chi connectivity index (χ1) is 5.33. The molecule has 0 saturated heterocycles. The highest BCUT2D eigenvalue weighted by molar-refractivity contribution is 7.59. The Labute approximate surface area is 69.5 Å². The number of phosphoric acid groups is 2. The Morgan fingerprint density at radius 1 is 1.25 bits per heavy atom. The van der Waals surface area contributed by atoms with E-state index in [0.717, 1.165) is 7.11 Å². The molecule has 0 bridgehead atoms. The largest absolute Gasteiger partial charge is 0.756 e. The fourth-order valence-corrected chi connectivity index (χ4v) is 2.09. The Morgan fingerprint density at radius 2 is 1.75 bits per heavy atom. The Morgan fingerprint density at radius 3 is 2.08 bits per heavy atom. The lowest BCUT2D eigenvalue weighted by Gasteiger charge is -2.28. The molecule has 0 amide bonds. The van der Waals surface area contributed by atoms with Crippen molar-refractivity contribution in [2.75, 3.05) is 13.7 Å². The van der Waals surface area contributed by atoms with Gasteiger partial charge in [0, 0.05) is 7.11 Å². The predicted molar refractivity (Wildman–Crippen MR) is 34.9 cm³/mol. The van der Waals surface area contributed by atoms with Crippen LogP contribution >= 0.6 is 15.6 Å². The number of hydrogen-bond donors (Lipinski definition) is 0. The third-order valence-electron chi connectivity index (χ3n) is 0.711. The Bertz CT molecular complexity index is 225. The summed E-state index contributed by atoms with van der Waals surface area (Å²) in [6.07, 6.45) is 0. The summed E-state index contributed by atoms with van der Waals surface area (Å²) >= 11 is 0. The first-order valence-corrected chi connectivity index (χ1v) is 5.79. The van der Waals surface area contributed by atoms with Crippen LogP contribution in [-0.2, 0) is 22.5 Å². The van der Waals surface area contributed by atoms with Gasteiger partial charge in [0.1, 0.15) is 0 Å². The van der Waals surface area contributed by atoms with Crippen molar-refractivity contribution in [1.29, 1.82) is 0 Å². The van der Waals surface area contributed by atoms with Crippen molar-refractivity contribution in [3.63, 3.8) is 0 Å². The van der Waals surface area contributed by atoms with E-state index in [9.17, 15) is 18.9 Å². The van der Waals surface area contributed by atoms with Gasteiger partial charge in [0.15, 0.2) is 0 Å². The minimum absolute atomic E-state index is 0.204. The van der Waals surface area contributed by atoms with Crippen LogP contribution in [0.4, 0.5) is 0 Å². The van der Waals surface area contributed by atoms with Crippen molar-refractivity contribution in [2.24, 2.45) is 0 Å².